The van der Waals surface area contributed by atoms with Crippen molar-refractivity contribution in [2.45, 2.75) is 43.2 Å². The van der Waals surface area contributed by atoms with Gasteiger partial charge in [0.05, 0.1) is 17.0 Å². The quantitative estimate of drug-likeness (QED) is 0.705. The Hall–Kier alpha value is -2.40. The highest BCUT2D eigenvalue weighted by molar-refractivity contribution is 7.90. The molecule has 1 aromatic heterocycles. The van der Waals surface area contributed by atoms with E-state index in [4.69, 9.17) is 9.88 Å². The number of sulfonamides is 1. The van der Waals surface area contributed by atoms with Gasteiger partial charge >= 0.3 is 6.36 Å². The SMILES string of the molecule is CC(C)(C[C@]1(c2ccc(OC(F)(F)F)c(F)c2)CCOc2cccnc21)S(N)(=O)=O. The van der Waals surface area contributed by atoms with Crippen LogP contribution in [-0.2, 0) is 15.4 Å². The first kappa shape index (κ1) is 22.3. The number of primary sulfonamides is 1. The molecule has 30 heavy (non-hydrogen) atoms. The Morgan fingerprint density at radius 2 is 1.97 bits per heavy atom. The van der Waals surface area contributed by atoms with Gasteiger partial charge < -0.3 is 9.47 Å². The number of pyridine rings is 1. The zero-order valence-electron chi connectivity index (χ0n) is 16.2. The maximum absolute atomic E-state index is 14.5. The van der Waals surface area contributed by atoms with Gasteiger partial charge in [0.2, 0.25) is 10.0 Å². The minimum Gasteiger partial charge on any atom is -0.492 e. The lowest BCUT2D eigenvalue weighted by Gasteiger charge is -2.42. The molecule has 2 heterocycles. The molecule has 1 atom stereocenters. The predicted octanol–water partition coefficient (Wildman–Crippen LogP) is 3.65. The van der Waals surface area contributed by atoms with Crippen molar-refractivity contribution in [1.29, 1.82) is 0 Å². The van der Waals surface area contributed by atoms with Crippen molar-refractivity contribution in [1.82, 2.24) is 4.98 Å². The summed E-state index contributed by atoms with van der Waals surface area (Å²) in [5.41, 5.74) is -0.561. The Labute approximate surface area is 171 Å². The number of aromatic nitrogens is 1. The fourth-order valence-corrected chi connectivity index (χ4v) is 4.16. The summed E-state index contributed by atoms with van der Waals surface area (Å²) < 4.78 is 84.3. The Morgan fingerprint density at radius 3 is 2.57 bits per heavy atom. The van der Waals surface area contributed by atoms with Gasteiger partial charge in [0.15, 0.2) is 11.6 Å². The molecule has 6 nitrogen and oxygen atoms in total. The van der Waals surface area contributed by atoms with Crippen LogP contribution >= 0.6 is 0 Å². The first-order valence-electron chi connectivity index (χ1n) is 8.92. The van der Waals surface area contributed by atoms with Gasteiger partial charge in [-0.05, 0) is 56.5 Å². The molecule has 1 aliphatic heterocycles. The Kier molecular flexibility index (Phi) is 5.48. The van der Waals surface area contributed by atoms with Gasteiger partial charge in [-0.2, -0.15) is 0 Å². The molecule has 0 amide bonds. The number of hydrogen-bond donors (Lipinski definition) is 1. The maximum Gasteiger partial charge on any atom is 0.573 e. The molecule has 0 saturated carbocycles. The van der Waals surface area contributed by atoms with E-state index < -0.39 is 38.1 Å². The highest BCUT2D eigenvalue weighted by Crippen LogP contribution is 2.49. The van der Waals surface area contributed by atoms with E-state index in [9.17, 15) is 26.0 Å². The number of hydrogen-bond acceptors (Lipinski definition) is 5. The van der Waals surface area contributed by atoms with Crippen LogP contribution in [0.1, 0.15) is 37.9 Å². The topological polar surface area (TPSA) is 91.5 Å². The van der Waals surface area contributed by atoms with E-state index in [1.54, 1.807) is 12.1 Å². The van der Waals surface area contributed by atoms with Crippen molar-refractivity contribution < 1.29 is 35.5 Å². The number of alkyl halides is 3. The smallest absolute Gasteiger partial charge is 0.492 e. The number of nitrogens with two attached hydrogens (primary N) is 1. The van der Waals surface area contributed by atoms with E-state index in [-0.39, 0.29) is 25.0 Å². The van der Waals surface area contributed by atoms with E-state index >= 15 is 0 Å². The van der Waals surface area contributed by atoms with Crippen LogP contribution in [0.2, 0.25) is 0 Å². The molecule has 0 fully saturated rings. The van der Waals surface area contributed by atoms with Crippen LogP contribution in [-0.4, -0.2) is 31.1 Å². The van der Waals surface area contributed by atoms with Crippen molar-refractivity contribution >= 4 is 10.0 Å². The summed E-state index contributed by atoms with van der Waals surface area (Å²) in [6.45, 7) is 3.03. The van der Waals surface area contributed by atoms with Crippen molar-refractivity contribution in [2.24, 2.45) is 5.14 Å². The second kappa shape index (κ2) is 7.38. The first-order chi connectivity index (χ1) is 13.8. The van der Waals surface area contributed by atoms with Crippen LogP contribution in [0.5, 0.6) is 11.5 Å². The molecule has 0 unspecified atom stereocenters. The molecular weight excluding hydrogens is 428 g/mol. The molecule has 0 radical (unpaired) electrons. The average molecular weight is 448 g/mol. The summed E-state index contributed by atoms with van der Waals surface area (Å²) in [7, 11) is -4.03. The van der Waals surface area contributed by atoms with Crippen molar-refractivity contribution in [3.05, 3.63) is 53.6 Å². The summed E-state index contributed by atoms with van der Waals surface area (Å²) in [4.78, 5) is 4.33. The van der Waals surface area contributed by atoms with Gasteiger partial charge in [0.25, 0.3) is 0 Å². The number of rotatable bonds is 5. The van der Waals surface area contributed by atoms with Gasteiger partial charge in [0.1, 0.15) is 5.75 Å². The molecule has 11 heteroatoms. The lowest BCUT2D eigenvalue weighted by molar-refractivity contribution is -0.275. The average Bonchev–Trinajstić information content (AvgIpc) is 2.61. The van der Waals surface area contributed by atoms with Crippen molar-refractivity contribution in [3.63, 3.8) is 0 Å². The predicted molar refractivity (Wildman–Crippen MR) is 100 cm³/mol. The van der Waals surface area contributed by atoms with Crippen LogP contribution in [0.4, 0.5) is 17.6 Å². The van der Waals surface area contributed by atoms with E-state index in [2.05, 4.69) is 9.72 Å². The van der Waals surface area contributed by atoms with Crippen LogP contribution in [0, 0.1) is 5.82 Å². The molecular formula is C19H20F4N2O4S. The highest BCUT2D eigenvalue weighted by Gasteiger charge is 2.48. The zero-order chi connectivity index (χ0) is 22.4. The van der Waals surface area contributed by atoms with Gasteiger partial charge in [-0.1, -0.05) is 6.07 Å². The molecule has 2 aromatic rings. The van der Waals surface area contributed by atoms with Crippen LogP contribution in [0.25, 0.3) is 0 Å². The van der Waals surface area contributed by atoms with Crippen LogP contribution < -0.4 is 14.6 Å². The molecule has 1 aromatic carbocycles. The van der Waals surface area contributed by atoms with Gasteiger partial charge in [-0.3, -0.25) is 4.98 Å². The van der Waals surface area contributed by atoms with E-state index in [1.807, 2.05) is 0 Å². The first-order valence-corrected chi connectivity index (χ1v) is 10.5. The standard InChI is InChI=1S/C19H20F4N2O4S/c1-17(2,30(24,26)27)11-18(7-9-28-15-4-3-8-25-16(15)18)12-5-6-14(13(20)10-12)29-19(21,22)23/h3-6,8,10H,7,9,11H2,1-2H3,(H2,24,26,27)/t18-/m0/s1. The number of benzene rings is 1. The molecule has 2 N–H and O–H groups in total. The lowest BCUT2D eigenvalue weighted by atomic mass is 9.68. The summed E-state index contributed by atoms with van der Waals surface area (Å²) in [5.74, 6) is -1.84. The summed E-state index contributed by atoms with van der Waals surface area (Å²) >= 11 is 0. The minimum absolute atomic E-state index is 0.0921. The second-order valence-corrected chi connectivity index (χ2v) is 9.90. The minimum atomic E-state index is -5.05. The summed E-state index contributed by atoms with van der Waals surface area (Å²) in [6.07, 6.45) is -3.45. The fraction of sp³-hybridized carbons (Fsp3) is 0.421. The van der Waals surface area contributed by atoms with Crippen LogP contribution in [0.3, 0.4) is 0 Å². The molecule has 1 aliphatic rings. The van der Waals surface area contributed by atoms with Gasteiger partial charge in [-0.25, -0.2) is 17.9 Å². The molecule has 0 bridgehead atoms. The Balaban J connectivity index is 2.19. The number of ether oxygens (including phenoxy) is 2. The van der Waals surface area contributed by atoms with Gasteiger partial charge in [-0.15, -0.1) is 13.2 Å². The second-order valence-electron chi connectivity index (χ2n) is 7.71. The zero-order valence-corrected chi connectivity index (χ0v) is 17.0. The number of nitrogens with zero attached hydrogens (tertiary/aromatic N) is 1. The largest absolute Gasteiger partial charge is 0.573 e. The Morgan fingerprint density at radius 1 is 1.27 bits per heavy atom. The molecule has 0 spiro atoms. The lowest BCUT2D eigenvalue weighted by Crippen LogP contribution is -2.47. The van der Waals surface area contributed by atoms with E-state index in [0.29, 0.717) is 11.4 Å². The third kappa shape index (κ3) is 4.22. The number of fused-ring (bicyclic) bond motifs is 1. The summed E-state index contributed by atoms with van der Waals surface area (Å²) in [5, 5.41) is 5.41. The van der Waals surface area contributed by atoms with Crippen LogP contribution in [0.15, 0.2) is 36.5 Å². The van der Waals surface area contributed by atoms with E-state index in [1.165, 1.54) is 26.1 Å². The normalized spacial score (nSPS) is 19.7. The molecule has 0 saturated heterocycles. The highest BCUT2D eigenvalue weighted by atomic mass is 32.2. The molecule has 3 rings (SSSR count). The monoisotopic (exact) mass is 448 g/mol. The number of halogens is 4. The van der Waals surface area contributed by atoms with Gasteiger partial charge in [0, 0.05) is 11.6 Å². The fourth-order valence-electron chi connectivity index (χ4n) is 3.71. The summed E-state index contributed by atoms with van der Waals surface area (Å²) in [6, 6.07) is 6.30. The Bertz CT molecular complexity index is 1060. The third-order valence-corrected chi connectivity index (χ3v) is 6.90. The maximum atomic E-state index is 14.5. The van der Waals surface area contributed by atoms with E-state index in [0.717, 1.165) is 12.1 Å². The van der Waals surface area contributed by atoms with Crippen molar-refractivity contribution in [2.75, 3.05) is 6.61 Å². The van der Waals surface area contributed by atoms with Crippen molar-refractivity contribution in [3.8, 4) is 11.5 Å². The molecule has 164 valence electrons. The molecule has 0 aliphatic carbocycles. The third-order valence-electron chi connectivity index (χ3n) is 5.22.